The summed E-state index contributed by atoms with van der Waals surface area (Å²) in [7, 11) is -9.74. The number of benzene rings is 1. The van der Waals surface area contributed by atoms with Gasteiger partial charge in [-0.15, -0.1) is 10.2 Å². The van der Waals surface area contributed by atoms with Crippen LogP contribution in [0.5, 0.6) is 5.88 Å². The van der Waals surface area contributed by atoms with E-state index in [1.807, 2.05) is 0 Å². The van der Waals surface area contributed by atoms with E-state index >= 15 is 0 Å². The number of azo groups is 1. The van der Waals surface area contributed by atoms with Crippen molar-refractivity contribution in [3.8, 4) is 5.88 Å². The Labute approximate surface area is 276 Å². The molecule has 3 aromatic rings. The molecule has 2 aromatic heterocycles. The Morgan fingerprint density at radius 2 is 1.67 bits per heavy atom. The smallest absolute Gasteiger partial charge is 0.860 e. The maximum atomic E-state index is 12.8. The van der Waals surface area contributed by atoms with Crippen molar-refractivity contribution in [1.29, 1.82) is 0 Å². The van der Waals surface area contributed by atoms with Crippen LogP contribution in [-0.4, -0.2) is 45.5 Å². The second kappa shape index (κ2) is 14.1. The Kier molecular flexibility index (Phi) is 12.9. The van der Waals surface area contributed by atoms with E-state index in [0.717, 1.165) is 12.1 Å². The molecule has 0 saturated carbocycles. The number of hydrogen-bond acceptors (Lipinski definition) is 13. The monoisotopic (exact) mass is 637 g/mol. The molecule has 0 unspecified atom stereocenters. The number of aromatic nitrogens is 4. The van der Waals surface area contributed by atoms with E-state index in [9.17, 15) is 35.8 Å². The fourth-order valence-electron chi connectivity index (χ4n) is 3.10. The van der Waals surface area contributed by atoms with Crippen molar-refractivity contribution in [2.24, 2.45) is 10.2 Å². The molecule has 0 spiro atoms. The first kappa shape index (κ1) is 35.8. The average Bonchev–Trinajstić information content (AvgIpc) is 2.75. The van der Waals surface area contributed by atoms with Crippen molar-refractivity contribution < 1.29 is 90.2 Å². The average molecular weight is 638 g/mol. The maximum absolute atomic E-state index is 12.8. The van der Waals surface area contributed by atoms with Gasteiger partial charge in [-0.2, -0.15) is 23.4 Å². The number of anilines is 2. The zero-order valence-electron chi connectivity index (χ0n) is 20.7. The first-order chi connectivity index (χ1) is 17.1. The number of hydrogen-bond donors (Lipinski definition) is 2. The molecule has 0 aliphatic carbocycles. The molecule has 39 heavy (non-hydrogen) atoms. The van der Waals surface area contributed by atoms with Gasteiger partial charge in [0, 0.05) is 12.2 Å². The molecule has 0 aliphatic rings. The van der Waals surface area contributed by atoms with Crippen LogP contribution in [0.2, 0.25) is 10.6 Å². The summed E-state index contributed by atoms with van der Waals surface area (Å²) in [6.07, 6.45) is 0. The van der Waals surface area contributed by atoms with Crippen LogP contribution in [0.15, 0.2) is 38.1 Å². The molecule has 1 aromatic carbocycles. The van der Waals surface area contributed by atoms with E-state index in [2.05, 4.69) is 30.5 Å². The molecule has 0 atom stereocenters. The van der Waals surface area contributed by atoms with Gasteiger partial charge in [-0.25, -0.2) is 8.42 Å². The molecule has 198 valence electrons. The van der Waals surface area contributed by atoms with Crippen LogP contribution in [0.4, 0.5) is 23.0 Å². The van der Waals surface area contributed by atoms with Gasteiger partial charge in [-0.1, -0.05) is 0 Å². The number of pyridine rings is 1. The summed E-state index contributed by atoms with van der Waals surface area (Å²) in [5, 5.41) is 22.2. The normalized spacial score (nSPS) is 11.6. The Morgan fingerprint density at radius 3 is 2.18 bits per heavy atom. The van der Waals surface area contributed by atoms with E-state index in [4.69, 9.17) is 23.2 Å². The van der Waals surface area contributed by atoms with Crippen LogP contribution in [0.25, 0.3) is 0 Å². The number of rotatable bonds is 8. The van der Waals surface area contributed by atoms with Gasteiger partial charge in [-0.3, -0.25) is 9.35 Å². The molecule has 15 nitrogen and oxygen atoms in total. The zero-order chi connectivity index (χ0) is 27.7. The maximum Gasteiger partial charge on any atom is 1.00 e. The van der Waals surface area contributed by atoms with E-state index in [0.29, 0.717) is 4.57 Å². The summed E-state index contributed by atoms with van der Waals surface area (Å²) in [6, 6.07) is 3.27. The predicted octanol–water partition coefficient (Wildman–Crippen LogP) is -3.80. The van der Waals surface area contributed by atoms with Crippen LogP contribution in [0.3, 0.4) is 0 Å². The fraction of sp³-hybridized carbons (Fsp3) is 0.222. The number of halogens is 2. The van der Waals surface area contributed by atoms with Crippen molar-refractivity contribution in [2.75, 3.05) is 5.32 Å². The van der Waals surface area contributed by atoms with Gasteiger partial charge in [0.1, 0.15) is 10.6 Å². The molecule has 0 saturated heterocycles. The second-order valence-electron chi connectivity index (χ2n) is 7.19. The Balaban J connectivity index is 0.00000380. The Bertz CT molecular complexity index is 1680. The SMILES string of the molecule is CCn1c([O-])c(CS(=O)(=O)[O-])c(C)c(N=Nc2cc(Nc3nc(Cl)nc(Cl)n3)ccc2S(=O)(=O)O)c1=O.[Na+].[Na+]. The molecule has 0 radical (unpaired) electrons. The van der Waals surface area contributed by atoms with Gasteiger partial charge in [0.15, 0.2) is 5.69 Å². The minimum absolute atomic E-state index is 0. The minimum atomic E-state index is -4.90. The summed E-state index contributed by atoms with van der Waals surface area (Å²) in [4.78, 5) is 23.2. The van der Waals surface area contributed by atoms with Gasteiger partial charge in [0.25, 0.3) is 15.7 Å². The number of nitrogens with one attached hydrogen (secondary N) is 1. The third-order valence-corrected chi connectivity index (χ3v) is 6.61. The minimum Gasteiger partial charge on any atom is -0.860 e. The van der Waals surface area contributed by atoms with Crippen LogP contribution in [0, 0.1) is 6.92 Å². The van der Waals surface area contributed by atoms with E-state index in [1.54, 1.807) is 0 Å². The summed E-state index contributed by atoms with van der Waals surface area (Å²) < 4.78 is 67.9. The van der Waals surface area contributed by atoms with Crippen LogP contribution in [-0.2, 0) is 32.5 Å². The molecule has 2 heterocycles. The summed E-state index contributed by atoms with van der Waals surface area (Å²) in [6.45, 7) is 2.44. The third kappa shape index (κ3) is 9.14. The first-order valence-electron chi connectivity index (χ1n) is 9.85. The molecule has 3 rings (SSSR count). The molecule has 0 amide bonds. The van der Waals surface area contributed by atoms with Crippen LogP contribution < -0.4 is 75.1 Å². The molecule has 2 N–H and O–H groups in total. The number of nitrogens with zero attached hydrogens (tertiary/aromatic N) is 6. The Hall–Kier alpha value is -1.22. The summed E-state index contributed by atoms with van der Waals surface area (Å²) in [5.41, 5.74) is -2.55. The topological polar surface area (TPSA) is 232 Å². The predicted molar refractivity (Wildman–Crippen MR) is 128 cm³/mol. The summed E-state index contributed by atoms with van der Waals surface area (Å²) >= 11 is 11.4. The van der Waals surface area contributed by atoms with Crippen LogP contribution >= 0.6 is 23.2 Å². The summed E-state index contributed by atoms with van der Waals surface area (Å²) in [5.74, 6) is -2.31. The van der Waals surface area contributed by atoms with Crippen molar-refractivity contribution >= 4 is 66.4 Å². The van der Waals surface area contributed by atoms with Crippen molar-refractivity contribution in [3.05, 3.63) is 50.2 Å². The quantitative estimate of drug-likeness (QED) is 0.137. The van der Waals surface area contributed by atoms with Gasteiger partial charge >= 0.3 is 59.1 Å². The van der Waals surface area contributed by atoms with Crippen molar-refractivity contribution in [3.63, 3.8) is 0 Å². The molecular weight excluding hydrogens is 623 g/mol. The zero-order valence-corrected chi connectivity index (χ0v) is 27.9. The largest absolute Gasteiger partial charge is 1.00 e. The molecule has 0 aliphatic heterocycles. The van der Waals surface area contributed by atoms with E-state index in [1.165, 1.54) is 19.9 Å². The molecule has 0 bridgehead atoms. The van der Waals surface area contributed by atoms with Gasteiger partial charge in [0.2, 0.25) is 16.5 Å². The van der Waals surface area contributed by atoms with Crippen molar-refractivity contribution in [2.45, 2.75) is 31.0 Å². The fourth-order valence-corrected chi connectivity index (χ4v) is 4.77. The van der Waals surface area contributed by atoms with Gasteiger partial charge in [0.05, 0.1) is 15.9 Å². The van der Waals surface area contributed by atoms with Crippen LogP contribution in [0.1, 0.15) is 18.1 Å². The van der Waals surface area contributed by atoms with Gasteiger partial charge in [-0.05, 0) is 72.3 Å². The first-order valence-corrected chi connectivity index (χ1v) is 13.6. The third-order valence-electron chi connectivity index (χ3n) is 4.73. The molecule has 21 heteroatoms. The molecular formula is C18H15Cl2N7Na2O8S2. The van der Waals surface area contributed by atoms with E-state index < -0.39 is 59.3 Å². The Morgan fingerprint density at radius 1 is 1.08 bits per heavy atom. The molecule has 0 fully saturated rings. The second-order valence-corrected chi connectivity index (χ2v) is 10.7. The van der Waals surface area contributed by atoms with E-state index in [-0.39, 0.29) is 93.4 Å². The van der Waals surface area contributed by atoms with Crippen molar-refractivity contribution in [1.82, 2.24) is 19.5 Å². The standard InChI is InChI=1S/C18H17Cl2N7O8S2.2Na/c1-3-27-14(28)10(7-36(30,31)32)8(2)13(15(27)29)26-25-11-6-9(4-5-12(11)37(33,34)35)21-18-23-16(19)22-17(20)24-18;;/h4-6,28H,3,7H2,1-2H3,(H,30,31,32)(H,33,34,35)(H,21,22,23,24);;/q;2*+1/p-2. The van der Waals surface area contributed by atoms with Gasteiger partial charge < -0.3 is 19.5 Å².